The van der Waals surface area contributed by atoms with Crippen molar-refractivity contribution in [1.29, 1.82) is 0 Å². The average molecular weight is 203 g/mol. The first-order chi connectivity index (χ1) is 7.20. The molecule has 15 heavy (non-hydrogen) atoms. The third-order valence-corrected chi connectivity index (χ3v) is 2.65. The molecule has 0 spiro atoms. The average Bonchev–Trinajstić information content (AvgIpc) is 2.59. The zero-order chi connectivity index (χ0) is 10.8. The van der Waals surface area contributed by atoms with Crippen LogP contribution in [0.15, 0.2) is 28.7 Å². The Morgan fingerprint density at radius 1 is 1.27 bits per heavy atom. The van der Waals surface area contributed by atoms with E-state index in [1.165, 1.54) is 10.9 Å². The lowest BCUT2D eigenvalue weighted by Crippen LogP contribution is -2.01. The normalized spacial score (nSPS) is 11.5. The number of furan rings is 1. The van der Waals surface area contributed by atoms with Gasteiger partial charge in [-0.3, -0.25) is 0 Å². The van der Waals surface area contributed by atoms with Gasteiger partial charge in [0.1, 0.15) is 11.3 Å². The molecule has 0 bridgehead atoms. The summed E-state index contributed by atoms with van der Waals surface area (Å²) >= 11 is 0. The van der Waals surface area contributed by atoms with Gasteiger partial charge in [-0.05, 0) is 30.2 Å². The van der Waals surface area contributed by atoms with Crippen molar-refractivity contribution >= 4 is 11.0 Å². The first kappa shape index (κ1) is 10.2. The molecule has 2 rings (SSSR count). The molecular formula is C13H17NO. The Hall–Kier alpha value is -1.28. The van der Waals surface area contributed by atoms with Crippen LogP contribution in [0.25, 0.3) is 11.0 Å². The van der Waals surface area contributed by atoms with E-state index in [-0.39, 0.29) is 0 Å². The minimum atomic E-state index is 0.539. The highest BCUT2D eigenvalue weighted by Gasteiger charge is 2.05. The summed E-state index contributed by atoms with van der Waals surface area (Å²) in [5.74, 6) is 1.52. The molecule has 2 aromatic rings. The quantitative estimate of drug-likeness (QED) is 0.832. The predicted octanol–water partition coefficient (Wildman–Crippen LogP) is 3.06. The molecule has 0 aliphatic heterocycles. The van der Waals surface area contributed by atoms with Gasteiger partial charge in [-0.2, -0.15) is 0 Å². The maximum Gasteiger partial charge on any atom is 0.134 e. The first-order valence-corrected chi connectivity index (χ1v) is 5.43. The van der Waals surface area contributed by atoms with Crippen LogP contribution in [-0.2, 0) is 6.42 Å². The fourth-order valence-corrected chi connectivity index (χ4v) is 1.73. The Balaban J connectivity index is 2.43. The van der Waals surface area contributed by atoms with Crippen molar-refractivity contribution in [1.82, 2.24) is 0 Å². The molecule has 2 N–H and O–H groups in total. The van der Waals surface area contributed by atoms with Crippen molar-refractivity contribution in [2.45, 2.75) is 26.2 Å². The molecule has 0 atom stereocenters. The summed E-state index contributed by atoms with van der Waals surface area (Å²) in [6.45, 7) is 5.01. The maximum atomic E-state index is 5.72. The van der Waals surface area contributed by atoms with Gasteiger partial charge in [0.25, 0.3) is 0 Å². The molecule has 0 radical (unpaired) electrons. The van der Waals surface area contributed by atoms with E-state index >= 15 is 0 Å². The van der Waals surface area contributed by atoms with Crippen LogP contribution >= 0.6 is 0 Å². The topological polar surface area (TPSA) is 39.2 Å². The third kappa shape index (κ3) is 2.05. The fraction of sp³-hybridized carbons (Fsp3) is 0.385. The van der Waals surface area contributed by atoms with Crippen LogP contribution in [-0.4, -0.2) is 6.54 Å². The van der Waals surface area contributed by atoms with Crippen molar-refractivity contribution in [3.05, 3.63) is 35.6 Å². The standard InChI is InChI=1S/C13H17NO/c1-9(2)10-3-4-11-7-12(5-6-14)15-13(11)8-10/h3-4,7-9H,5-6,14H2,1-2H3. The highest BCUT2D eigenvalue weighted by atomic mass is 16.3. The van der Waals surface area contributed by atoms with Crippen LogP contribution in [0.3, 0.4) is 0 Å². The molecule has 0 aliphatic carbocycles. The van der Waals surface area contributed by atoms with E-state index in [2.05, 4.69) is 38.1 Å². The van der Waals surface area contributed by atoms with Crippen molar-refractivity contribution in [2.24, 2.45) is 5.73 Å². The molecule has 2 heteroatoms. The molecule has 1 aromatic heterocycles. The Morgan fingerprint density at radius 2 is 2.07 bits per heavy atom. The summed E-state index contributed by atoms with van der Waals surface area (Å²) < 4.78 is 5.72. The Morgan fingerprint density at radius 3 is 2.73 bits per heavy atom. The maximum absolute atomic E-state index is 5.72. The molecule has 80 valence electrons. The smallest absolute Gasteiger partial charge is 0.134 e. The first-order valence-electron chi connectivity index (χ1n) is 5.43. The third-order valence-electron chi connectivity index (χ3n) is 2.65. The Bertz CT molecular complexity index is 457. The van der Waals surface area contributed by atoms with Crippen molar-refractivity contribution < 1.29 is 4.42 Å². The highest BCUT2D eigenvalue weighted by molar-refractivity contribution is 5.78. The number of hydrogen-bond donors (Lipinski definition) is 1. The number of benzene rings is 1. The van der Waals surface area contributed by atoms with Gasteiger partial charge >= 0.3 is 0 Å². The molecular weight excluding hydrogens is 186 g/mol. The van der Waals surface area contributed by atoms with E-state index in [9.17, 15) is 0 Å². The monoisotopic (exact) mass is 203 g/mol. The zero-order valence-electron chi connectivity index (χ0n) is 9.29. The fourth-order valence-electron chi connectivity index (χ4n) is 1.73. The van der Waals surface area contributed by atoms with E-state index in [1.54, 1.807) is 0 Å². The molecule has 0 aliphatic rings. The van der Waals surface area contributed by atoms with Gasteiger partial charge < -0.3 is 10.2 Å². The van der Waals surface area contributed by atoms with Crippen LogP contribution in [0.1, 0.15) is 31.1 Å². The lowest BCUT2D eigenvalue weighted by Gasteiger charge is -2.03. The van der Waals surface area contributed by atoms with E-state index in [1.807, 2.05) is 0 Å². The van der Waals surface area contributed by atoms with Crippen molar-refractivity contribution in [3.8, 4) is 0 Å². The predicted molar refractivity (Wildman–Crippen MR) is 63.1 cm³/mol. The van der Waals surface area contributed by atoms with Crippen LogP contribution in [0.5, 0.6) is 0 Å². The molecule has 0 amide bonds. The summed E-state index contributed by atoms with van der Waals surface area (Å²) in [5, 5.41) is 1.17. The van der Waals surface area contributed by atoms with Gasteiger partial charge in [0.2, 0.25) is 0 Å². The second-order valence-electron chi connectivity index (χ2n) is 4.20. The Kier molecular flexibility index (Phi) is 2.78. The number of rotatable bonds is 3. The lowest BCUT2D eigenvalue weighted by molar-refractivity contribution is 0.549. The highest BCUT2D eigenvalue weighted by Crippen LogP contribution is 2.24. The largest absolute Gasteiger partial charge is 0.461 e. The Labute approximate surface area is 90.1 Å². The van der Waals surface area contributed by atoms with E-state index in [0.717, 1.165) is 17.8 Å². The molecule has 1 heterocycles. The van der Waals surface area contributed by atoms with E-state index in [4.69, 9.17) is 10.2 Å². The van der Waals surface area contributed by atoms with Crippen molar-refractivity contribution in [3.63, 3.8) is 0 Å². The summed E-state index contributed by atoms with van der Waals surface area (Å²) in [6, 6.07) is 8.48. The lowest BCUT2D eigenvalue weighted by atomic mass is 10.0. The zero-order valence-corrected chi connectivity index (χ0v) is 9.29. The van der Waals surface area contributed by atoms with Crippen LogP contribution < -0.4 is 5.73 Å². The molecule has 0 saturated carbocycles. The molecule has 0 saturated heterocycles. The van der Waals surface area contributed by atoms with Crippen molar-refractivity contribution in [2.75, 3.05) is 6.54 Å². The van der Waals surface area contributed by atoms with E-state index < -0.39 is 0 Å². The summed E-state index contributed by atoms with van der Waals surface area (Å²) in [6.07, 6.45) is 0.811. The molecule has 1 aromatic carbocycles. The summed E-state index contributed by atoms with van der Waals surface area (Å²) in [5.41, 5.74) is 7.79. The van der Waals surface area contributed by atoms with Gasteiger partial charge in [-0.15, -0.1) is 0 Å². The summed E-state index contributed by atoms with van der Waals surface area (Å²) in [7, 11) is 0. The second-order valence-corrected chi connectivity index (χ2v) is 4.20. The van der Waals surface area contributed by atoms with Gasteiger partial charge in [-0.1, -0.05) is 26.0 Å². The molecule has 0 fully saturated rings. The van der Waals surface area contributed by atoms with E-state index in [0.29, 0.717) is 12.5 Å². The van der Waals surface area contributed by atoms with Gasteiger partial charge in [-0.25, -0.2) is 0 Å². The second kappa shape index (κ2) is 4.07. The van der Waals surface area contributed by atoms with Crippen LogP contribution in [0, 0.1) is 0 Å². The summed E-state index contributed by atoms with van der Waals surface area (Å²) in [4.78, 5) is 0. The van der Waals surface area contributed by atoms with Gasteiger partial charge in [0, 0.05) is 11.8 Å². The molecule has 0 unspecified atom stereocenters. The molecule has 2 nitrogen and oxygen atoms in total. The van der Waals surface area contributed by atoms with Crippen LogP contribution in [0.2, 0.25) is 0 Å². The minimum Gasteiger partial charge on any atom is -0.461 e. The SMILES string of the molecule is CC(C)c1ccc2cc(CCN)oc2c1. The van der Waals surface area contributed by atoms with Gasteiger partial charge in [0.05, 0.1) is 0 Å². The number of fused-ring (bicyclic) bond motifs is 1. The van der Waals surface area contributed by atoms with Crippen LogP contribution in [0.4, 0.5) is 0 Å². The van der Waals surface area contributed by atoms with Gasteiger partial charge in [0.15, 0.2) is 0 Å². The number of hydrogen-bond acceptors (Lipinski definition) is 2. The number of nitrogens with two attached hydrogens (primary N) is 1. The minimum absolute atomic E-state index is 0.539.